The Hall–Kier alpha value is -4.12. The molecule has 0 atom stereocenters. The molecule has 166 valence electrons. The fraction of sp³-hybridized carbons (Fsp3) is 0.107. The Bertz CT molecular complexity index is 1210. The van der Waals surface area contributed by atoms with Crippen molar-refractivity contribution in [2.75, 3.05) is 6.61 Å². The molecule has 0 N–H and O–H groups in total. The molecule has 0 bridgehead atoms. The summed E-state index contributed by atoms with van der Waals surface area (Å²) in [6, 6.07) is 29.3. The van der Waals surface area contributed by atoms with Gasteiger partial charge in [-0.2, -0.15) is 0 Å². The van der Waals surface area contributed by atoms with E-state index in [1.54, 1.807) is 24.4 Å². The maximum Gasteiger partial charge on any atom is 0.161 e. The molecule has 0 aliphatic heterocycles. The van der Waals surface area contributed by atoms with Crippen molar-refractivity contribution in [2.24, 2.45) is 4.99 Å². The fourth-order valence-corrected chi connectivity index (χ4v) is 3.14. The number of benzene rings is 4. The van der Waals surface area contributed by atoms with Crippen molar-refractivity contribution >= 4 is 11.9 Å². The van der Waals surface area contributed by atoms with Crippen LogP contribution < -0.4 is 14.2 Å². The van der Waals surface area contributed by atoms with Crippen LogP contribution in [-0.2, 0) is 6.61 Å². The fourth-order valence-electron chi connectivity index (χ4n) is 3.14. The van der Waals surface area contributed by atoms with Crippen LogP contribution in [0, 0.1) is 5.82 Å². The van der Waals surface area contributed by atoms with E-state index in [2.05, 4.69) is 4.99 Å². The van der Waals surface area contributed by atoms with Crippen LogP contribution >= 0.6 is 0 Å². The summed E-state index contributed by atoms with van der Waals surface area (Å²) in [5, 5.41) is 0. The molecule has 0 fully saturated rings. The van der Waals surface area contributed by atoms with Gasteiger partial charge >= 0.3 is 0 Å². The van der Waals surface area contributed by atoms with E-state index in [-0.39, 0.29) is 12.4 Å². The minimum absolute atomic E-state index is 0.123. The van der Waals surface area contributed by atoms with Gasteiger partial charge in [-0.25, -0.2) is 4.39 Å². The maximum atomic E-state index is 13.9. The Kier molecular flexibility index (Phi) is 7.33. The number of halogens is 1. The van der Waals surface area contributed by atoms with Gasteiger partial charge in [-0.15, -0.1) is 0 Å². The van der Waals surface area contributed by atoms with Gasteiger partial charge in [0.2, 0.25) is 0 Å². The Morgan fingerprint density at radius 3 is 2.24 bits per heavy atom. The summed E-state index contributed by atoms with van der Waals surface area (Å²) in [5.74, 6) is 2.38. The van der Waals surface area contributed by atoms with Crippen LogP contribution in [0.2, 0.25) is 0 Å². The highest BCUT2D eigenvalue weighted by Gasteiger charge is 2.08. The molecule has 4 nitrogen and oxygen atoms in total. The van der Waals surface area contributed by atoms with Crippen molar-refractivity contribution in [3.63, 3.8) is 0 Å². The van der Waals surface area contributed by atoms with Crippen molar-refractivity contribution in [2.45, 2.75) is 13.5 Å². The third-order valence-electron chi connectivity index (χ3n) is 4.79. The second-order valence-corrected chi connectivity index (χ2v) is 7.19. The lowest BCUT2D eigenvalue weighted by atomic mass is 10.2. The largest absolute Gasteiger partial charge is 0.490 e. The highest BCUT2D eigenvalue weighted by Crippen LogP contribution is 2.30. The summed E-state index contributed by atoms with van der Waals surface area (Å²) in [7, 11) is 0. The summed E-state index contributed by atoms with van der Waals surface area (Å²) >= 11 is 0. The first-order valence-corrected chi connectivity index (χ1v) is 10.7. The normalized spacial score (nSPS) is 10.8. The van der Waals surface area contributed by atoms with Gasteiger partial charge in [-0.1, -0.05) is 36.4 Å². The number of ether oxygens (including phenoxy) is 3. The first-order chi connectivity index (χ1) is 16.2. The van der Waals surface area contributed by atoms with E-state index in [0.717, 1.165) is 22.7 Å². The van der Waals surface area contributed by atoms with Crippen molar-refractivity contribution in [1.82, 2.24) is 0 Å². The van der Waals surface area contributed by atoms with Crippen LogP contribution in [0.25, 0.3) is 0 Å². The number of rotatable bonds is 9. The number of hydrogen-bond acceptors (Lipinski definition) is 4. The third-order valence-corrected chi connectivity index (χ3v) is 4.79. The number of hydrogen-bond donors (Lipinski definition) is 0. The standard InChI is InChI=1S/C28H24FNO3/c1-2-31-28-18-21(12-17-27(28)32-20-22-8-6-7-11-26(22)29)19-30-23-13-15-25(16-14-23)33-24-9-4-3-5-10-24/h3-19H,2,20H2,1H3. The van der Waals surface area contributed by atoms with E-state index in [1.165, 1.54) is 6.07 Å². The predicted molar refractivity (Wildman–Crippen MR) is 129 cm³/mol. The van der Waals surface area contributed by atoms with Crippen molar-refractivity contribution in [3.05, 3.63) is 114 Å². The number of para-hydroxylation sites is 1. The van der Waals surface area contributed by atoms with E-state index in [1.807, 2.05) is 79.7 Å². The molecule has 5 heteroatoms. The molecule has 0 radical (unpaired) electrons. The predicted octanol–water partition coefficient (Wildman–Crippen LogP) is 7.35. The molecule has 0 aromatic heterocycles. The molecule has 33 heavy (non-hydrogen) atoms. The minimum Gasteiger partial charge on any atom is -0.490 e. The van der Waals surface area contributed by atoms with Crippen molar-refractivity contribution < 1.29 is 18.6 Å². The Morgan fingerprint density at radius 2 is 1.48 bits per heavy atom. The lowest BCUT2D eigenvalue weighted by Crippen LogP contribution is -2.01. The van der Waals surface area contributed by atoms with Gasteiger partial charge in [0, 0.05) is 11.8 Å². The second-order valence-electron chi connectivity index (χ2n) is 7.19. The van der Waals surface area contributed by atoms with E-state index in [0.29, 0.717) is 23.7 Å². The molecule has 0 unspecified atom stereocenters. The quantitative estimate of drug-likeness (QED) is 0.255. The van der Waals surface area contributed by atoms with Gasteiger partial charge in [0.05, 0.1) is 12.3 Å². The van der Waals surface area contributed by atoms with Gasteiger partial charge in [0.15, 0.2) is 11.5 Å². The molecule has 0 saturated carbocycles. The smallest absolute Gasteiger partial charge is 0.161 e. The minimum atomic E-state index is -0.292. The monoisotopic (exact) mass is 441 g/mol. The summed E-state index contributed by atoms with van der Waals surface area (Å²) in [4.78, 5) is 4.53. The van der Waals surface area contributed by atoms with Crippen LogP contribution in [0.1, 0.15) is 18.1 Å². The first kappa shape index (κ1) is 22.1. The molecule has 0 aliphatic rings. The van der Waals surface area contributed by atoms with Crippen LogP contribution in [0.4, 0.5) is 10.1 Å². The molecular weight excluding hydrogens is 417 g/mol. The van der Waals surface area contributed by atoms with Gasteiger partial charge in [-0.05, 0) is 73.2 Å². The van der Waals surface area contributed by atoms with E-state index >= 15 is 0 Å². The Morgan fingerprint density at radius 1 is 0.758 bits per heavy atom. The summed E-state index contributed by atoms with van der Waals surface area (Å²) in [6.07, 6.45) is 1.76. The van der Waals surface area contributed by atoms with Crippen LogP contribution in [0.15, 0.2) is 102 Å². The van der Waals surface area contributed by atoms with Gasteiger partial charge < -0.3 is 14.2 Å². The zero-order valence-corrected chi connectivity index (χ0v) is 18.3. The van der Waals surface area contributed by atoms with Crippen molar-refractivity contribution in [1.29, 1.82) is 0 Å². The summed E-state index contributed by atoms with van der Waals surface area (Å²) < 4.78 is 31.2. The Balaban J connectivity index is 1.43. The average molecular weight is 442 g/mol. The zero-order valence-electron chi connectivity index (χ0n) is 18.3. The van der Waals surface area contributed by atoms with E-state index in [4.69, 9.17) is 14.2 Å². The SMILES string of the molecule is CCOc1cc(C=Nc2ccc(Oc3ccccc3)cc2)ccc1OCc1ccccc1F. The molecule has 0 amide bonds. The molecular formula is C28H24FNO3. The average Bonchev–Trinajstić information content (AvgIpc) is 2.85. The van der Waals surface area contributed by atoms with Gasteiger partial charge in [0.25, 0.3) is 0 Å². The Labute approximate surface area is 192 Å². The molecule has 0 saturated heterocycles. The highest BCUT2D eigenvalue weighted by molar-refractivity contribution is 5.83. The molecule has 4 rings (SSSR count). The zero-order chi connectivity index (χ0) is 22.9. The van der Waals surface area contributed by atoms with Crippen LogP contribution in [0.5, 0.6) is 23.0 Å². The molecule has 4 aromatic rings. The van der Waals surface area contributed by atoms with Crippen LogP contribution in [0.3, 0.4) is 0 Å². The number of nitrogens with zero attached hydrogens (tertiary/aromatic N) is 1. The van der Waals surface area contributed by atoms with Crippen LogP contribution in [-0.4, -0.2) is 12.8 Å². The van der Waals surface area contributed by atoms with Gasteiger partial charge in [-0.3, -0.25) is 4.99 Å². The second kappa shape index (κ2) is 11.0. The molecule has 0 spiro atoms. The third kappa shape index (κ3) is 6.20. The van der Waals surface area contributed by atoms with Crippen molar-refractivity contribution in [3.8, 4) is 23.0 Å². The maximum absolute atomic E-state index is 13.9. The van der Waals surface area contributed by atoms with E-state index < -0.39 is 0 Å². The lowest BCUT2D eigenvalue weighted by molar-refractivity contribution is 0.266. The molecule has 0 aliphatic carbocycles. The summed E-state index contributed by atoms with van der Waals surface area (Å²) in [6.45, 7) is 2.51. The highest BCUT2D eigenvalue weighted by atomic mass is 19.1. The molecule has 0 heterocycles. The summed E-state index contributed by atoms with van der Waals surface area (Å²) in [5.41, 5.74) is 2.15. The number of aliphatic imine (C=N–C) groups is 1. The lowest BCUT2D eigenvalue weighted by Gasteiger charge is -2.13. The topological polar surface area (TPSA) is 40.0 Å². The van der Waals surface area contributed by atoms with E-state index in [9.17, 15) is 4.39 Å². The van der Waals surface area contributed by atoms with Gasteiger partial charge in [0.1, 0.15) is 23.9 Å². The molecule has 4 aromatic carbocycles. The first-order valence-electron chi connectivity index (χ1n) is 10.7.